The highest BCUT2D eigenvalue weighted by Crippen LogP contribution is 2.30. The van der Waals surface area contributed by atoms with E-state index in [4.69, 9.17) is 0 Å². The van der Waals surface area contributed by atoms with Gasteiger partial charge in [-0.15, -0.1) is 11.3 Å². The van der Waals surface area contributed by atoms with Crippen molar-refractivity contribution in [3.8, 4) is 11.3 Å². The van der Waals surface area contributed by atoms with E-state index in [1.807, 2.05) is 23.7 Å². The summed E-state index contributed by atoms with van der Waals surface area (Å²) >= 11 is 1.37. The van der Waals surface area contributed by atoms with E-state index in [1.165, 1.54) is 23.5 Å². The second-order valence-corrected chi connectivity index (χ2v) is 7.23. The molecule has 0 saturated heterocycles. The summed E-state index contributed by atoms with van der Waals surface area (Å²) in [6, 6.07) is 8.34. The van der Waals surface area contributed by atoms with Crippen molar-refractivity contribution in [2.75, 3.05) is 5.32 Å². The number of pyridine rings is 1. The number of halogens is 1. The molecular formula is C20H14FN5OS. The SMILES string of the molecule is O=C(Cc1c[nH]c2cc(F)ccc12)Nc1nc(-c2c[nH]c3ncccc23)cs1. The Morgan fingerprint density at radius 3 is 3.04 bits per heavy atom. The lowest BCUT2D eigenvalue weighted by Crippen LogP contribution is -2.14. The standard InChI is InChI=1S/C20H14FN5OS/c21-12-3-4-13-11(8-23-16(13)7-12)6-18(27)26-20-25-17(10-28-20)15-9-24-19-14(15)2-1-5-22-19/h1-5,7-10,23H,6H2,(H,22,24)(H,25,26,27). The third kappa shape index (κ3) is 2.93. The van der Waals surface area contributed by atoms with Crippen molar-refractivity contribution < 1.29 is 9.18 Å². The Labute approximate surface area is 162 Å². The summed E-state index contributed by atoms with van der Waals surface area (Å²) in [6.45, 7) is 0. The molecule has 6 nitrogen and oxygen atoms in total. The average molecular weight is 391 g/mol. The van der Waals surface area contributed by atoms with Gasteiger partial charge in [0.1, 0.15) is 11.5 Å². The monoisotopic (exact) mass is 391 g/mol. The Morgan fingerprint density at radius 2 is 2.11 bits per heavy atom. The van der Waals surface area contributed by atoms with Crippen molar-refractivity contribution in [2.45, 2.75) is 6.42 Å². The van der Waals surface area contributed by atoms with Gasteiger partial charge < -0.3 is 15.3 Å². The van der Waals surface area contributed by atoms with Gasteiger partial charge in [0.2, 0.25) is 5.91 Å². The maximum Gasteiger partial charge on any atom is 0.230 e. The molecule has 0 unspecified atom stereocenters. The Kier molecular flexibility index (Phi) is 3.91. The minimum atomic E-state index is -0.312. The first-order chi connectivity index (χ1) is 13.7. The predicted molar refractivity (Wildman–Crippen MR) is 108 cm³/mol. The van der Waals surface area contributed by atoms with Crippen molar-refractivity contribution in [1.29, 1.82) is 0 Å². The van der Waals surface area contributed by atoms with Crippen LogP contribution < -0.4 is 5.32 Å². The van der Waals surface area contributed by atoms with Crippen LogP contribution in [0.1, 0.15) is 5.56 Å². The van der Waals surface area contributed by atoms with Crippen LogP contribution >= 0.6 is 11.3 Å². The molecule has 0 fully saturated rings. The molecule has 0 aliphatic heterocycles. The van der Waals surface area contributed by atoms with E-state index in [9.17, 15) is 9.18 Å². The summed E-state index contributed by atoms with van der Waals surface area (Å²) in [5.41, 5.74) is 4.01. The quantitative estimate of drug-likeness (QED) is 0.422. The molecule has 138 valence electrons. The number of H-pyrrole nitrogens is 2. The van der Waals surface area contributed by atoms with E-state index < -0.39 is 0 Å². The molecular weight excluding hydrogens is 377 g/mol. The number of thiazole rings is 1. The zero-order valence-electron chi connectivity index (χ0n) is 14.5. The maximum absolute atomic E-state index is 13.3. The van der Waals surface area contributed by atoms with Crippen LogP contribution in [0.4, 0.5) is 9.52 Å². The van der Waals surface area contributed by atoms with Crippen LogP contribution in [0.2, 0.25) is 0 Å². The van der Waals surface area contributed by atoms with Gasteiger partial charge in [0.25, 0.3) is 0 Å². The summed E-state index contributed by atoms with van der Waals surface area (Å²) < 4.78 is 13.3. The van der Waals surface area contributed by atoms with Gasteiger partial charge in [0.05, 0.1) is 12.1 Å². The maximum atomic E-state index is 13.3. The predicted octanol–water partition coefficient (Wildman–Crippen LogP) is 4.49. The molecule has 0 aliphatic rings. The lowest BCUT2D eigenvalue weighted by atomic mass is 10.1. The summed E-state index contributed by atoms with van der Waals surface area (Å²) in [4.78, 5) is 27.4. The number of aromatic amines is 2. The van der Waals surface area contributed by atoms with Crippen LogP contribution in [0, 0.1) is 5.82 Å². The molecule has 0 saturated carbocycles. The Bertz CT molecular complexity index is 1320. The third-order valence-corrected chi connectivity index (χ3v) is 5.32. The van der Waals surface area contributed by atoms with Crippen molar-refractivity contribution in [3.63, 3.8) is 0 Å². The zero-order chi connectivity index (χ0) is 19.1. The molecule has 1 aromatic carbocycles. The summed E-state index contributed by atoms with van der Waals surface area (Å²) in [6.07, 6.45) is 5.51. The molecule has 5 aromatic rings. The molecule has 0 spiro atoms. The van der Waals surface area contributed by atoms with Gasteiger partial charge in [-0.2, -0.15) is 0 Å². The molecule has 0 aliphatic carbocycles. The Morgan fingerprint density at radius 1 is 1.18 bits per heavy atom. The lowest BCUT2D eigenvalue weighted by molar-refractivity contribution is -0.115. The van der Waals surface area contributed by atoms with Crippen LogP contribution in [0.25, 0.3) is 33.2 Å². The first-order valence-electron chi connectivity index (χ1n) is 8.61. The summed E-state index contributed by atoms with van der Waals surface area (Å²) in [5.74, 6) is -0.486. The van der Waals surface area contributed by atoms with Crippen LogP contribution in [0.5, 0.6) is 0 Å². The Balaban J connectivity index is 1.34. The fourth-order valence-corrected chi connectivity index (χ4v) is 3.99. The first kappa shape index (κ1) is 16.6. The second kappa shape index (κ2) is 6.58. The number of anilines is 1. The number of nitrogens with one attached hydrogen (secondary N) is 3. The van der Waals surface area contributed by atoms with Gasteiger partial charge in [-0.3, -0.25) is 4.79 Å². The number of fused-ring (bicyclic) bond motifs is 2. The number of carbonyl (C=O) groups excluding carboxylic acids is 1. The molecule has 4 heterocycles. The van der Waals surface area contributed by atoms with Crippen LogP contribution in [-0.4, -0.2) is 25.8 Å². The number of amides is 1. The fraction of sp³-hybridized carbons (Fsp3) is 0.0500. The van der Waals surface area contributed by atoms with Gasteiger partial charge in [-0.05, 0) is 35.9 Å². The molecule has 3 N–H and O–H groups in total. The second-order valence-electron chi connectivity index (χ2n) is 6.37. The van der Waals surface area contributed by atoms with Gasteiger partial charge in [0.15, 0.2) is 5.13 Å². The number of hydrogen-bond donors (Lipinski definition) is 3. The summed E-state index contributed by atoms with van der Waals surface area (Å²) in [7, 11) is 0. The number of aromatic nitrogens is 4. The van der Waals surface area contributed by atoms with Gasteiger partial charge in [0, 0.05) is 45.8 Å². The largest absolute Gasteiger partial charge is 0.361 e. The van der Waals surface area contributed by atoms with E-state index >= 15 is 0 Å². The molecule has 28 heavy (non-hydrogen) atoms. The highest BCUT2D eigenvalue weighted by Gasteiger charge is 2.14. The number of rotatable bonds is 4. The molecule has 1 amide bonds. The minimum absolute atomic E-state index is 0.174. The van der Waals surface area contributed by atoms with Crippen LogP contribution in [0.3, 0.4) is 0 Å². The highest BCUT2D eigenvalue weighted by molar-refractivity contribution is 7.14. The zero-order valence-corrected chi connectivity index (χ0v) is 15.3. The van der Waals surface area contributed by atoms with Crippen LogP contribution in [-0.2, 0) is 11.2 Å². The molecule has 0 atom stereocenters. The third-order valence-electron chi connectivity index (χ3n) is 4.56. The average Bonchev–Trinajstić information content (AvgIpc) is 3.40. The van der Waals surface area contributed by atoms with E-state index in [0.717, 1.165) is 33.2 Å². The van der Waals surface area contributed by atoms with Crippen molar-refractivity contribution >= 4 is 44.3 Å². The molecule has 5 rings (SSSR count). The number of carbonyl (C=O) groups is 1. The van der Waals surface area contributed by atoms with Crippen LogP contribution in [0.15, 0.2) is 54.3 Å². The minimum Gasteiger partial charge on any atom is -0.361 e. The van der Waals surface area contributed by atoms with Gasteiger partial charge in [-0.25, -0.2) is 14.4 Å². The highest BCUT2D eigenvalue weighted by atomic mass is 32.1. The number of hydrogen-bond acceptors (Lipinski definition) is 4. The van der Waals surface area contributed by atoms with E-state index in [-0.39, 0.29) is 18.1 Å². The molecule has 0 radical (unpaired) electrons. The molecule has 4 aromatic heterocycles. The number of nitrogens with zero attached hydrogens (tertiary/aromatic N) is 2. The number of benzene rings is 1. The van der Waals surface area contributed by atoms with Crippen molar-refractivity contribution in [1.82, 2.24) is 19.9 Å². The normalized spacial score (nSPS) is 11.3. The van der Waals surface area contributed by atoms with Gasteiger partial charge >= 0.3 is 0 Å². The fourth-order valence-electron chi connectivity index (χ4n) is 3.26. The summed E-state index contributed by atoms with van der Waals surface area (Å²) in [5, 5.41) is 7.09. The smallest absolute Gasteiger partial charge is 0.230 e. The molecule has 8 heteroatoms. The van der Waals surface area contributed by atoms with E-state index in [1.54, 1.807) is 18.5 Å². The van der Waals surface area contributed by atoms with E-state index in [2.05, 4.69) is 25.3 Å². The Hall–Kier alpha value is -3.52. The first-order valence-corrected chi connectivity index (χ1v) is 9.49. The lowest BCUT2D eigenvalue weighted by Gasteiger charge is -2.01. The van der Waals surface area contributed by atoms with Crippen molar-refractivity contribution in [3.05, 3.63) is 65.7 Å². The molecule has 0 bridgehead atoms. The van der Waals surface area contributed by atoms with Gasteiger partial charge in [-0.1, -0.05) is 0 Å². The van der Waals surface area contributed by atoms with Crippen molar-refractivity contribution in [2.24, 2.45) is 0 Å². The topological polar surface area (TPSA) is 86.5 Å². The van der Waals surface area contributed by atoms with E-state index in [0.29, 0.717) is 10.6 Å².